The molecule has 1 aliphatic heterocycles. The van der Waals surface area contributed by atoms with E-state index in [9.17, 15) is 4.79 Å². The van der Waals surface area contributed by atoms with Gasteiger partial charge in [-0.05, 0) is 35.7 Å². The maximum Gasteiger partial charge on any atom is 0.310 e. The average Bonchev–Trinajstić information content (AvgIpc) is 3.15. The van der Waals surface area contributed by atoms with Crippen LogP contribution < -0.4 is 23.7 Å². The molecule has 4 rings (SSSR count). The molecule has 1 saturated heterocycles. The molecule has 0 radical (unpaired) electrons. The van der Waals surface area contributed by atoms with Crippen molar-refractivity contribution in [2.24, 2.45) is 11.8 Å². The fraction of sp³-hybridized carbons (Fsp3) is 0.435. The zero-order chi connectivity index (χ0) is 21.4. The van der Waals surface area contributed by atoms with Crippen LogP contribution in [-0.4, -0.2) is 48.1 Å². The molecule has 3 atom stereocenters. The maximum absolute atomic E-state index is 12.8. The zero-order valence-electron chi connectivity index (χ0n) is 17.8. The van der Waals surface area contributed by atoms with Crippen LogP contribution in [0, 0.1) is 11.8 Å². The first kappa shape index (κ1) is 20.2. The van der Waals surface area contributed by atoms with Crippen LogP contribution in [0.5, 0.6) is 28.7 Å². The number of methoxy groups -OCH3 is 5. The molecule has 1 heterocycles. The van der Waals surface area contributed by atoms with E-state index in [0.29, 0.717) is 35.4 Å². The number of rotatable bonds is 6. The van der Waals surface area contributed by atoms with Crippen LogP contribution >= 0.6 is 0 Å². The Kier molecular flexibility index (Phi) is 5.37. The summed E-state index contributed by atoms with van der Waals surface area (Å²) < 4.78 is 33.2. The van der Waals surface area contributed by atoms with Crippen LogP contribution in [0.2, 0.25) is 0 Å². The number of ether oxygens (including phenoxy) is 6. The summed E-state index contributed by atoms with van der Waals surface area (Å²) in [5.74, 6) is 2.33. The summed E-state index contributed by atoms with van der Waals surface area (Å²) >= 11 is 0. The predicted molar refractivity (Wildman–Crippen MR) is 109 cm³/mol. The number of hydrogen-bond acceptors (Lipinski definition) is 7. The van der Waals surface area contributed by atoms with Gasteiger partial charge in [0.05, 0.1) is 48.1 Å². The fourth-order valence-corrected chi connectivity index (χ4v) is 4.71. The van der Waals surface area contributed by atoms with Crippen molar-refractivity contribution in [3.8, 4) is 28.7 Å². The quantitative estimate of drug-likeness (QED) is 0.672. The van der Waals surface area contributed by atoms with Crippen LogP contribution in [0.1, 0.15) is 22.6 Å². The Balaban J connectivity index is 1.97. The van der Waals surface area contributed by atoms with Crippen LogP contribution in [0.25, 0.3) is 0 Å². The van der Waals surface area contributed by atoms with Gasteiger partial charge < -0.3 is 28.4 Å². The minimum atomic E-state index is -0.317. The van der Waals surface area contributed by atoms with Crippen molar-refractivity contribution in [1.29, 1.82) is 0 Å². The molecule has 0 aromatic heterocycles. The molecule has 30 heavy (non-hydrogen) atoms. The van der Waals surface area contributed by atoms with Gasteiger partial charge in [0.25, 0.3) is 0 Å². The lowest BCUT2D eigenvalue weighted by Gasteiger charge is -2.34. The van der Waals surface area contributed by atoms with Gasteiger partial charge in [0.1, 0.15) is 5.75 Å². The number of carbonyl (C=O) groups excluding carboxylic acids is 1. The molecular weight excluding hydrogens is 388 g/mol. The van der Waals surface area contributed by atoms with Crippen molar-refractivity contribution in [2.45, 2.75) is 12.3 Å². The van der Waals surface area contributed by atoms with E-state index in [0.717, 1.165) is 23.1 Å². The first-order valence-electron chi connectivity index (χ1n) is 9.77. The molecule has 2 aromatic carbocycles. The van der Waals surface area contributed by atoms with E-state index >= 15 is 0 Å². The summed E-state index contributed by atoms with van der Waals surface area (Å²) in [6.45, 7) is 0.406. The van der Waals surface area contributed by atoms with Gasteiger partial charge in [0.15, 0.2) is 23.0 Å². The second-order valence-electron chi connectivity index (χ2n) is 7.45. The van der Waals surface area contributed by atoms with E-state index in [-0.39, 0.29) is 23.7 Å². The van der Waals surface area contributed by atoms with E-state index in [1.807, 2.05) is 18.2 Å². The number of hydrogen-bond donors (Lipinski definition) is 0. The van der Waals surface area contributed by atoms with E-state index < -0.39 is 0 Å². The number of esters is 1. The number of cyclic esters (lactones) is 1. The summed E-state index contributed by atoms with van der Waals surface area (Å²) in [6.07, 6.45) is 0.734. The molecule has 2 aliphatic rings. The third-order valence-corrected chi connectivity index (χ3v) is 6.11. The van der Waals surface area contributed by atoms with Gasteiger partial charge in [-0.15, -0.1) is 0 Å². The second kappa shape index (κ2) is 7.97. The number of carbonyl (C=O) groups is 1. The predicted octanol–water partition coefficient (Wildman–Crippen LogP) is 3.21. The number of fused-ring (bicyclic) bond motifs is 2. The van der Waals surface area contributed by atoms with Gasteiger partial charge in [0, 0.05) is 23.5 Å². The van der Waals surface area contributed by atoms with E-state index in [2.05, 4.69) is 0 Å². The standard InChI is InChI=1S/C23H26O7/c1-25-16-10-20(29-5)19(28-4)9-15(16)22-14-8-18(27-3)17(26-2)7-12(14)6-13-11-30-23(24)21(13)22/h7-10,13,21-22H,6,11H2,1-5H3/t13?,21?,22-/m0/s1. The van der Waals surface area contributed by atoms with Crippen LogP contribution in [0.4, 0.5) is 0 Å². The van der Waals surface area contributed by atoms with Gasteiger partial charge in [-0.1, -0.05) is 0 Å². The summed E-state index contributed by atoms with van der Waals surface area (Å²) in [7, 11) is 7.99. The lowest BCUT2D eigenvalue weighted by atomic mass is 9.67. The van der Waals surface area contributed by atoms with Gasteiger partial charge in [0.2, 0.25) is 0 Å². The monoisotopic (exact) mass is 414 g/mol. The van der Waals surface area contributed by atoms with Crippen LogP contribution in [0.3, 0.4) is 0 Å². The Labute approximate surface area is 175 Å². The minimum Gasteiger partial charge on any atom is -0.496 e. The summed E-state index contributed by atoms with van der Waals surface area (Å²) in [5.41, 5.74) is 2.95. The molecule has 7 heteroatoms. The zero-order valence-corrected chi connectivity index (χ0v) is 17.8. The molecular formula is C23H26O7. The summed E-state index contributed by atoms with van der Waals surface area (Å²) in [5, 5.41) is 0. The highest BCUT2D eigenvalue weighted by Crippen LogP contribution is 2.52. The molecule has 160 valence electrons. The second-order valence-corrected chi connectivity index (χ2v) is 7.45. The average molecular weight is 414 g/mol. The highest BCUT2D eigenvalue weighted by atomic mass is 16.5. The molecule has 0 spiro atoms. The SMILES string of the molecule is COc1cc2c(cc1OC)[C@@H](c1cc(OC)c(OC)cc1OC)C1C(=O)OCC1C2. The van der Waals surface area contributed by atoms with Crippen molar-refractivity contribution < 1.29 is 33.2 Å². The van der Waals surface area contributed by atoms with Gasteiger partial charge in [-0.25, -0.2) is 0 Å². The Morgan fingerprint density at radius 3 is 1.87 bits per heavy atom. The molecule has 1 aliphatic carbocycles. The van der Waals surface area contributed by atoms with Crippen molar-refractivity contribution in [3.63, 3.8) is 0 Å². The summed E-state index contributed by atoms with van der Waals surface area (Å²) in [6, 6.07) is 7.62. The molecule has 0 bridgehead atoms. The topological polar surface area (TPSA) is 72.5 Å². The first-order valence-corrected chi connectivity index (χ1v) is 9.77. The van der Waals surface area contributed by atoms with Crippen LogP contribution in [0.15, 0.2) is 24.3 Å². The van der Waals surface area contributed by atoms with Crippen molar-refractivity contribution in [2.75, 3.05) is 42.2 Å². The third-order valence-electron chi connectivity index (χ3n) is 6.11. The van der Waals surface area contributed by atoms with Gasteiger partial charge >= 0.3 is 5.97 Å². The third kappa shape index (κ3) is 3.09. The van der Waals surface area contributed by atoms with Gasteiger partial charge in [-0.3, -0.25) is 4.79 Å². The minimum absolute atomic E-state index is 0.0749. The molecule has 0 N–H and O–H groups in total. The fourth-order valence-electron chi connectivity index (χ4n) is 4.71. The Morgan fingerprint density at radius 2 is 1.27 bits per heavy atom. The highest BCUT2D eigenvalue weighted by Gasteiger charge is 2.48. The lowest BCUT2D eigenvalue weighted by Crippen LogP contribution is -2.32. The Hall–Kier alpha value is -3.09. The van der Waals surface area contributed by atoms with Crippen molar-refractivity contribution >= 4 is 5.97 Å². The van der Waals surface area contributed by atoms with E-state index in [1.54, 1.807) is 41.6 Å². The molecule has 7 nitrogen and oxygen atoms in total. The number of benzene rings is 2. The van der Waals surface area contributed by atoms with E-state index in [4.69, 9.17) is 28.4 Å². The largest absolute Gasteiger partial charge is 0.496 e. The van der Waals surface area contributed by atoms with E-state index in [1.165, 1.54) is 0 Å². The Bertz CT molecular complexity index is 969. The molecule has 2 aromatic rings. The van der Waals surface area contributed by atoms with Crippen molar-refractivity contribution in [1.82, 2.24) is 0 Å². The van der Waals surface area contributed by atoms with Gasteiger partial charge in [-0.2, -0.15) is 0 Å². The van der Waals surface area contributed by atoms with Crippen LogP contribution in [-0.2, 0) is 16.0 Å². The Morgan fingerprint density at radius 1 is 0.733 bits per heavy atom. The molecule has 0 amide bonds. The normalized spacial score (nSPS) is 21.9. The molecule has 0 saturated carbocycles. The highest BCUT2D eigenvalue weighted by molar-refractivity contribution is 5.79. The first-order chi connectivity index (χ1) is 14.6. The summed E-state index contributed by atoms with van der Waals surface area (Å²) in [4.78, 5) is 12.8. The molecule has 2 unspecified atom stereocenters. The lowest BCUT2D eigenvalue weighted by molar-refractivity contribution is -0.141. The maximum atomic E-state index is 12.8. The molecule has 1 fully saturated rings. The smallest absolute Gasteiger partial charge is 0.310 e. The van der Waals surface area contributed by atoms with Crippen molar-refractivity contribution in [3.05, 3.63) is 41.0 Å².